The van der Waals surface area contributed by atoms with Crippen LogP contribution in [0.4, 0.5) is 31.1 Å². The number of hydrogen-bond acceptors (Lipinski definition) is 6. The van der Waals surface area contributed by atoms with E-state index in [1.165, 1.54) is 44.2 Å². The van der Waals surface area contributed by atoms with Gasteiger partial charge in [-0.25, -0.2) is 21.6 Å². The number of unbranched alkanes of at least 4 members (excludes halogenated alkanes) is 5. The van der Waals surface area contributed by atoms with Gasteiger partial charge in [0.1, 0.15) is 0 Å². The molecule has 17 heteroatoms. The maximum atomic E-state index is 12.5. The van der Waals surface area contributed by atoms with Crippen LogP contribution in [0.25, 0.3) is 9.70 Å². The molecule has 0 radical (unpaired) electrons. The van der Waals surface area contributed by atoms with Crippen LogP contribution in [0, 0.1) is 0 Å². The molecule has 0 fully saturated rings. The Balaban J connectivity index is 0.000000620. The Morgan fingerprint density at radius 3 is 2.02 bits per heavy atom. The fourth-order valence-corrected chi connectivity index (χ4v) is 5.74. The smallest absolute Gasteiger partial charge is 0.443 e. The first-order valence-corrected chi connectivity index (χ1v) is 17.5. The molecular weight excluding hydrogens is 676 g/mol. The Morgan fingerprint density at radius 1 is 0.894 bits per heavy atom. The van der Waals surface area contributed by atoms with Gasteiger partial charge < -0.3 is 14.2 Å². The predicted molar refractivity (Wildman–Crippen MR) is 166 cm³/mol. The van der Waals surface area contributed by atoms with E-state index in [4.69, 9.17) is 4.74 Å². The lowest BCUT2D eigenvalue weighted by atomic mass is 9.92. The molecule has 47 heavy (non-hydrogen) atoms. The molecule has 0 unspecified atom stereocenters. The minimum atomic E-state index is -6.72. The van der Waals surface area contributed by atoms with E-state index in [0.29, 0.717) is 13.2 Å². The number of aryl methyl sites for hydroxylation is 1. The lowest BCUT2D eigenvalue weighted by Gasteiger charge is -2.27. The van der Waals surface area contributed by atoms with Gasteiger partial charge in [-0.2, -0.15) is 30.9 Å². The number of aromatic nitrogens is 1. The van der Waals surface area contributed by atoms with E-state index < -0.39 is 42.7 Å². The SMILES string of the molecule is C=C(C)c1cccc(C(C)(C)NC(=O)OCC[n+]2ccccc2CCCCCCCC)c1.O=S(=O)([N-]S(=O)(=O)C(F)(F)F)C(F)(F)F. The summed E-state index contributed by atoms with van der Waals surface area (Å²) in [6.07, 6.45) is 10.5. The molecular formula is C30H41F6N3O6S2. The Hall–Kier alpha value is -3.18. The molecule has 2 rings (SSSR count). The third-order valence-corrected chi connectivity index (χ3v) is 9.40. The lowest BCUT2D eigenvalue weighted by molar-refractivity contribution is -0.705. The number of carbonyl (C=O) groups excluding carboxylic acids is 1. The number of allylic oxidation sites excluding steroid dienone is 1. The number of carbonyl (C=O) groups is 1. The highest BCUT2D eigenvalue weighted by Gasteiger charge is 2.47. The number of rotatable bonds is 15. The van der Waals surface area contributed by atoms with Gasteiger partial charge in [0.05, 0.1) is 5.54 Å². The third kappa shape index (κ3) is 14.2. The van der Waals surface area contributed by atoms with Crippen molar-refractivity contribution < 1.29 is 57.3 Å². The highest BCUT2D eigenvalue weighted by atomic mass is 32.3. The van der Waals surface area contributed by atoms with Gasteiger partial charge in [-0.15, -0.1) is 0 Å². The molecule has 0 aliphatic carbocycles. The van der Waals surface area contributed by atoms with E-state index in [9.17, 15) is 48.0 Å². The van der Waals surface area contributed by atoms with Crippen molar-refractivity contribution in [3.8, 4) is 0 Å². The van der Waals surface area contributed by atoms with Crippen LogP contribution in [0.3, 0.4) is 0 Å². The zero-order valence-electron chi connectivity index (χ0n) is 26.6. The number of ether oxygens (including phenoxy) is 1. The molecule has 1 amide bonds. The van der Waals surface area contributed by atoms with E-state index >= 15 is 0 Å². The van der Waals surface area contributed by atoms with Crippen molar-refractivity contribution in [2.45, 2.75) is 95.7 Å². The largest absolute Gasteiger partial charge is 0.480 e. The second-order valence-electron chi connectivity index (χ2n) is 11.1. The summed E-state index contributed by atoms with van der Waals surface area (Å²) in [5.41, 5.74) is -8.55. The van der Waals surface area contributed by atoms with Crippen molar-refractivity contribution >= 4 is 31.7 Å². The van der Waals surface area contributed by atoms with E-state index in [0.717, 1.165) is 27.2 Å². The summed E-state index contributed by atoms with van der Waals surface area (Å²) in [6, 6.07) is 14.4. The molecule has 1 heterocycles. The summed E-state index contributed by atoms with van der Waals surface area (Å²) >= 11 is 0. The molecule has 0 aliphatic heterocycles. The van der Waals surface area contributed by atoms with Crippen molar-refractivity contribution in [1.29, 1.82) is 0 Å². The van der Waals surface area contributed by atoms with Gasteiger partial charge in [-0.05, 0) is 44.4 Å². The summed E-state index contributed by atoms with van der Waals surface area (Å²) < 4.78 is 117. The number of alkyl carbamates (subject to hydrolysis) is 1. The van der Waals surface area contributed by atoms with Crippen molar-refractivity contribution in [2.24, 2.45) is 0 Å². The van der Waals surface area contributed by atoms with Gasteiger partial charge in [-0.3, -0.25) is 0 Å². The van der Waals surface area contributed by atoms with Gasteiger partial charge in [-0.1, -0.05) is 75.4 Å². The normalized spacial score (nSPS) is 12.6. The zero-order chi connectivity index (χ0) is 36.1. The highest BCUT2D eigenvalue weighted by Crippen LogP contribution is 2.36. The monoisotopic (exact) mass is 717 g/mol. The predicted octanol–water partition coefficient (Wildman–Crippen LogP) is 7.63. The first-order valence-electron chi connectivity index (χ1n) is 14.6. The number of sulfonamides is 2. The summed E-state index contributed by atoms with van der Waals surface area (Å²) in [5.74, 6) is 0. The molecule has 9 nitrogen and oxygen atoms in total. The standard InChI is InChI=1S/C28H40N2O2.C2F6NO4S2/c1-6-7-8-9-10-11-17-26-18-12-13-19-30(26)20-21-32-27(31)29-28(4,5)25-16-14-15-24(22-25)23(2)3;3-1(4,5)14(10,11)9-15(12,13)2(6,7)8/h12-16,18-19,22H,2,6-11,17,20-21H2,1,3-5H3;/q;-1/p+1. The average molecular weight is 718 g/mol. The maximum absolute atomic E-state index is 12.5. The van der Waals surface area contributed by atoms with Crippen LogP contribution in [0.2, 0.25) is 0 Å². The molecule has 0 spiro atoms. The Kier molecular flexibility index (Phi) is 15.9. The van der Waals surface area contributed by atoms with Gasteiger partial charge in [0, 0.05) is 18.6 Å². The average Bonchev–Trinajstić information content (AvgIpc) is 2.94. The van der Waals surface area contributed by atoms with Crippen LogP contribution in [-0.4, -0.2) is 40.6 Å². The van der Waals surface area contributed by atoms with Gasteiger partial charge in [0.2, 0.25) is 0 Å². The summed E-state index contributed by atoms with van der Waals surface area (Å²) in [4.78, 5) is 12.5. The third-order valence-electron chi connectivity index (χ3n) is 6.66. The fraction of sp³-hybridized carbons (Fsp3) is 0.533. The second kappa shape index (κ2) is 17.8. The topological polar surface area (TPSA) is 125 Å². The number of benzene rings is 1. The first kappa shape index (κ1) is 41.8. The summed E-state index contributed by atoms with van der Waals surface area (Å²) in [7, 11) is -13.4. The molecule has 0 saturated heterocycles. The van der Waals surface area contributed by atoms with E-state index in [1.54, 1.807) is 0 Å². The maximum Gasteiger partial charge on any atom is 0.480 e. The van der Waals surface area contributed by atoms with Gasteiger partial charge >= 0.3 is 17.1 Å². The first-order chi connectivity index (χ1) is 21.5. The number of nitrogens with zero attached hydrogens (tertiary/aromatic N) is 2. The second-order valence-corrected chi connectivity index (χ2v) is 14.5. The lowest BCUT2D eigenvalue weighted by Crippen LogP contribution is -2.44. The summed E-state index contributed by atoms with van der Waals surface area (Å²) in [5, 5.41) is 3.00. The molecule has 2 aromatic rings. The quantitative estimate of drug-likeness (QED) is 0.115. The molecule has 266 valence electrons. The summed E-state index contributed by atoms with van der Waals surface area (Å²) in [6.45, 7) is 13.2. The molecule has 0 aliphatic rings. The van der Waals surface area contributed by atoms with E-state index in [2.05, 4.69) is 47.8 Å². The number of pyridine rings is 1. The number of hydrogen-bond donors (Lipinski definition) is 1. The number of halogens is 6. The number of amides is 1. The van der Waals surface area contributed by atoms with Gasteiger partial charge in [0.15, 0.2) is 45.1 Å². The molecule has 0 atom stereocenters. The highest BCUT2D eigenvalue weighted by molar-refractivity contribution is 8.13. The van der Waals surface area contributed by atoms with Crippen molar-refractivity contribution in [1.82, 2.24) is 5.32 Å². The minimum Gasteiger partial charge on any atom is -0.443 e. The minimum absolute atomic E-state index is 0.339. The van der Waals surface area contributed by atoms with Crippen molar-refractivity contribution in [2.75, 3.05) is 6.61 Å². The van der Waals surface area contributed by atoms with Crippen molar-refractivity contribution in [3.05, 3.63) is 76.2 Å². The van der Waals surface area contributed by atoms with Gasteiger partial charge in [0.25, 0.3) is 0 Å². The number of alkyl halides is 6. The fourth-order valence-electron chi connectivity index (χ4n) is 4.03. The van der Waals surface area contributed by atoms with Crippen LogP contribution < -0.4 is 9.88 Å². The molecule has 1 N–H and O–H groups in total. The van der Waals surface area contributed by atoms with E-state index in [-0.39, 0.29) is 0 Å². The number of nitrogens with one attached hydrogen (secondary N) is 1. The van der Waals surface area contributed by atoms with Crippen molar-refractivity contribution in [3.63, 3.8) is 0 Å². The Bertz CT molecular complexity index is 1500. The zero-order valence-corrected chi connectivity index (χ0v) is 28.3. The van der Waals surface area contributed by atoms with Crippen LogP contribution in [0.1, 0.15) is 83.0 Å². The molecule has 1 aromatic heterocycles. The molecule has 0 bridgehead atoms. The van der Waals surface area contributed by atoms with Crippen LogP contribution in [-0.2, 0) is 43.3 Å². The Labute approximate surface area is 272 Å². The van der Waals surface area contributed by atoms with E-state index in [1.807, 2.05) is 45.0 Å². The Morgan fingerprint density at radius 2 is 1.47 bits per heavy atom. The van der Waals surface area contributed by atoms with Crippen LogP contribution in [0.5, 0.6) is 0 Å². The molecule has 1 aromatic carbocycles. The van der Waals surface area contributed by atoms with Crippen LogP contribution in [0.15, 0.2) is 55.2 Å². The van der Waals surface area contributed by atoms with Crippen LogP contribution >= 0.6 is 0 Å². The molecule has 0 saturated carbocycles.